The molecule has 3 saturated heterocycles. The lowest BCUT2D eigenvalue weighted by molar-refractivity contribution is -0.331. The van der Waals surface area contributed by atoms with Crippen LogP contribution >= 0.6 is 0 Å². The normalized spacial score (nSPS) is 43.5. The van der Waals surface area contributed by atoms with Crippen LogP contribution in [0.2, 0.25) is 0 Å². The Labute approximate surface area is 245 Å². The van der Waals surface area contributed by atoms with E-state index in [9.17, 15) is 55.2 Å². The second kappa shape index (κ2) is 15.3. The first kappa shape index (κ1) is 35.4. The summed E-state index contributed by atoms with van der Waals surface area (Å²) in [6.45, 7) is 1.29. The average molecular weight is 628 g/mol. The van der Waals surface area contributed by atoms with Crippen molar-refractivity contribution < 1.29 is 78.9 Å². The molecule has 3 aliphatic rings. The third-order valence-electron chi connectivity index (χ3n) is 7.28. The Kier molecular flexibility index (Phi) is 12.5. The number of carbonyl (C=O) groups excluding carboxylic acids is 3. The van der Waals surface area contributed by atoms with E-state index < -0.39 is 129 Å². The highest BCUT2D eigenvalue weighted by molar-refractivity contribution is 5.74. The summed E-state index contributed by atoms with van der Waals surface area (Å²) in [4.78, 5) is 35.4. The molecule has 1 unspecified atom stereocenters. The highest BCUT2D eigenvalue weighted by atomic mass is 16.7. The van der Waals surface area contributed by atoms with Crippen LogP contribution in [0.15, 0.2) is 0 Å². The molecule has 19 heteroatoms. The zero-order valence-electron chi connectivity index (χ0n) is 23.6. The second-order valence-electron chi connectivity index (χ2n) is 10.6. The maximum Gasteiger partial charge on any atom is 0.217 e. The van der Waals surface area contributed by atoms with Gasteiger partial charge in [0.1, 0.15) is 73.1 Å². The van der Waals surface area contributed by atoms with E-state index in [1.165, 1.54) is 0 Å². The molecule has 0 aromatic carbocycles. The number of amides is 3. The molecule has 3 fully saturated rings. The van der Waals surface area contributed by atoms with Crippen molar-refractivity contribution in [3.63, 3.8) is 0 Å². The summed E-state index contributed by atoms with van der Waals surface area (Å²) < 4.78 is 28.0. The number of hydrogen-bond donors (Lipinski definition) is 11. The fourth-order valence-electron chi connectivity index (χ4n) is 5.17. The first-order valence-electron chi connectivity index (χ1n) is 13.5. The van der Waals surface area contributed by atoms with Gasteiger partial charge in [0.05, 0.1) is 19.8 Å². The van der Waals surface area contributed by atoms with Crippen LogP contribution in [-0.4, -0.2) is 170 Å². The predicted octanol–water partition coefficient (Wildman–Crippen LogP) is -7.14. The maximum absolute atomic E-state index is 11.9. The molecule has 0 bridgehead atoms. The molecule has 3 heterocycles. The molecule has 0 aromatic heterocycles. The molecule has 0 spiro atoms. The molecule has 0 saturated carbocycles. The van der Waals surface area contributed by atoms with Gasteiger partial charge in [-0.1, -0.05) is 0 Å². The summed E-state index contributed by atoms with van der Waals surface area (Å²) in [6.07, 6.45) is -18.9. The monoisotopic (exact) mass is 627 g/mol. The van der Waals surface area contributed by atoms with Gasteiger partial charge in [-0.3, -0.25) is 14.4 Å². The molecule has 248 valence electrons. The van der Waals surface area contributed by atoms with Crippen molar-refractivity contribution in [2.75, 3.05) is 19.8 Å². The van der Waals surface area contributed by atoms with Crippen molar-refractivity contribution in [2.45, 2.75) is 113 Å². The lowest BCUT2D eigenvalue weighted by Gasteiger charge is -2.48. The Morgan fingerprint density at radius 2 is 1.05 bits per heavy atom. The Morgan fingerprint density at radius 1 is 0.605 bits per heavy atom. The standard InChI is InChI=1S/C24H41N3O16/c1-7(30)25-13-19(36)16(33)10(4-28)41-23(13)39-6-12-18(35)21(15(22(38)40-12)27-9(3)32)43-24-14(26-8(2)31)20(37)17(34)11(5-29)42-24/h10-24,28-29,33-38H,4-6H2,1-3H3,(H,25,30)(H,26,31)(H,27,32)/t10-,11-,12-,13-,14-,15-,16-,17+,18+,19-,20-,21-,22?,23-,24+/m1/s1. The number of rotatable bonds is 10. The summed E-state index contributed by atoms with van der Waals surface area (Å²) in [5, 5.41) is 89.8. The highest BCUT2D eigenvalue weighted by Gasteiger charge is 2.52. The SMILES string of the molecule is CC(=O)N[C@H]1[C@H](O[C@H]2[C@@H](O)[C@@H](CO[C@@H]3O[C@H](CO)[C@@H](O)[C@H](O)[C@H]3NC(C)=O)OC(O)[C@@H]2NC(C)=O)O[C@H](CO)[C@H](O)[C@@H]1O. The van der Waals surface area contributed by atoms with Crippen molar-refractivity contribution >= 4 is 17.7 Å². The molecule has 3 aliphatic heterocycles. The van der Waals surface area contributed by atoms with E-state index in [0.717, 1.165) is 20.8 Å². The summed E-state index contributed by atoms with van der Waals surface area (Å²) in [6, 6.07) is -4.19. The van der Waals surface area contributed by atoms with E-state index in [4.69, 9.17) is 23.7 Å². The number of aliphatic hydroxyl groups is 8. The molecule has 0 aliphatic carbocycles. The van der Waals surface area contributed by atoms with Gasteiger partial charge in [0, 0.05) is 20.8 Å². The molecular weight excluding hydrogens is 586 g/mol. The van der Waals surface area contributed by atoms with Crippen molar-refractivity contribution in [2.24, 2.45) is 0 Å². The molecule has 3 rings (SSSR count). The fraction of sp³-hybridized carbons (Fsp3) is 0.875. The van der Waals surface area contributed by atoms with Gasteiger partial charge in [-0.25, -0.2) is 0 Å². The Morgan fingerprint density at radius 3 is 1.51 bits per heavy atom. The molecule has 15 atom stereocenters. The van der Waals surface area contributed by atoms with E-state index in [1.54, 1.807) is 0 Å². The Bertz CT molecular complexity index is 962. The molecule has 3 amide bonds. The summed E-state index contributed by atoms with van der Waals surface area (Å²) >= 11 is 0. The van der Waals surface area contributed by atoms with Gasteiger partial charge in [0.2, 0.25) is 17.7 Å². The highest BCUT2D eigenvalue weighted by Crippen LogP contribution is 2.30. The van der Waals surface area contributed by atoms with E-state index in [-0.39, 0.29) is 0 Å². The molecule has 19 nitrogen and oxygen atoms in total. The maximum atomic E-state index is 11.9. The zero-order valence-corrected chi connectivity index (χ0v) is 23.6. The van der Waals surface area contributed by atoms with Crippen LogP contribution < -0.4 is 16.0 Å². The van der Waals surface area contributed by atoms with Gasteiger partial charge in [0.25, 0.3) is 0 Å². The lowest BCUT2D eigenvalue weighted by atomic mass is 9.94. The molecule has 0 aromatic rings. The Hall–Kier alpha value is -2.11. The minimum absolute atomic E-state index is 0.603. The van der Waals surface area contributed by atoms with Crippen molar-refractivity contribution in [1.82, 2.24) is 16.0 Å². The first-order valence-corrected chi connectivity index (χ1v) is 13.5. The number of hydrogen-bond acceptors (Lipinski definition) is 16. The van der Waals surface area contributed by atoms with E-state index in [1.807, 2.05) is 0 Å². The van der Waals surface area contributed by atoms with Gasteiger partial charge in [-0.05, 0) is 0 Å². The number of carbonyl (C=O) groups is 3. The van der Waals surface area contributed by atoms with Crippen molar-refractivity contribution in [3.05, 3.63) is 0 Å². The van der Waals surface area contributed by atoms with Gasteiger partial charge >= 0.3 is 0 Å². The number of aliphatic hydroxyl groups excluding tert-OH is 8. The van der Waals surface area contributed by atoms with Gasteiger partial charge in [-0.15, -0.1) is 0 Å². The second-order valence-corrected chi connectivity index (χ2v) is 10.6. The van der Waals surface area contributed by atoms with Crippen LogP contribution in [0.25, 0.3) is 0 Å². The molecular formula is C24H41N3O16. The third kappa shape index (κ3) is 8.34. The Balaban J connectivity index is 1.84. The third-order valence-corrected chi connectivity index (χ3v) is 7.28. The van der Waals surface area contributed by atoms with Crippen molar-refractivity contribution in [3.8, 4) is 0 Å². The molecule has 0 radical (unpaired) electrons. The van der Waals surface area contributed by atoms with Crippen LogP contribution in [0.4, 0.5) is 0 Å². The van der Waals surface area contributed by atoms with Gasteiger partial charge in [0.15, 0.2) is 18.9 Å². The average Bonchev–Trinajstić information content (AvgIpc) is 2.93. The van der Waals surface area contributed by atoms with Crippen LogP contribution in [0.1, 0.15) is 20.8 Å². The minimum Gasteiger partial charge on any atom is -0.394 e. The van der Waals surface area contributed by atoms with Crippen LogP contribution in [0.3, 0.4) is 0 Å². The zero-order chi connectivity index (χ0) is 32.2. The predicted molar refractivity (Wildman–Crippen MR) is 136 cm³/mol. The van der Waals surface area contributed by atoms with E-state index >= 15 is 0 Å². The van der Waals surface area contributed by atoms with Crippen molar-refractivity contribution in [1.29, 1.82) is 0 Å². The molecule has 43 heavy (non-hydrogen) atoms. The lowest BCUT2D eigenvalue weighted by Crippen LogP contribution is -2.69. The quantitative estimate of drug-likeness (QED) is 0.107. The van der Waals surface area contributed by atoms with Gasteiger partial charge in [-0.2, -0.15) is 0 Å². The summed E-state index contributed by atoms with van der Waals surface area (Å²) in [7, 11) is 0. The topological polar surface area (TPSA) is 295 Å². The van der Waals surface area contributed by atoms with Gasteiger partial charge < -0.3 is 80.5 Å². The number of nitrogens with one attached hydrogen (secondary N) is 3. The van der Waals surface area contributed by atoms with E-state index in [0.29, 0.717) is 0 Å². The largest absolute Gasteiger partial charge is 0.394 e. The smallest absolute Gasteiger partial charge is 0.217 e. The van der Waals surface area contributed by atoms with Crippen LogP contribution in [0.5, 0.6) is 0 Å². The van der Waals surface area contributed by atoms with Crippen LogP contribution in [-0.2, 0) is 38.1 Å². The van der Waals surface area contributed by atoms with E-state index in [2.05, 4.69) is 16.0 Å². The minimum atomic E-state index is -1.84. The number of ether oxygens (including phenoxy) is 5. The van der Waals surface area contributed by atoms with Crippen LogP contribution in [0, 0.1) is 0 Å². The summed E-state index contributed by atoms with van der Waals surface area (Å²) in [5.74, 6) is -1.92. The fourth-order valence-corrected chi connectivity index (χ4v) is 5.17. The molecule has 11 N–H and O–H groups in total. The first-order chi connectivity index (χ1) is 20.2. The summed E-state index contributed by atoms with van der Waals surface area (Å²) in [5.41, 5.74) is 0.